The molecule has 0 amide bonds. The monoisotopic (exact) mass is 279 g/mol. The van der Waals surface area contributed by atoms with Crippen molar-refractivity contribution in [1.29, 1.82) is 0 Å². The van der Waals surface area contributed by atoms with Crippen LogP contribution in [0.25, 0.3) is 0 Å². The number of aryl methyl sites for hydroxylation is 2. The molecule has 0 unspecified atom stereocenters. The summed E-state index contributed by atoms with van der Waals surface area (Å²) in [5.41, 5.74) is 4.23. The smallest absolute Gasteiger partial charge is 0.154 e. The van der Waals surface area contributed by atoms with E-state index in [2.05, 4.69) is 28.2 Å². The van der Waals surface area contributed by atoms with Crippen molar-refractivity contribution in [1.82, 2.24) is 15.2 Å². The topological polar surface area (TPSA) is 38.7 Å². The zero-order valence-electron chi connectivity index (χ0n) is 10.8. The summed E-state index contributed by atoms with van der Waals surface area (Å²) in [5.74, 6) is 0. The van der Waals surface area contributed by atoms with Gasteiger partial charge in [-0.3, -0.25) is 0 Å². The minimum Gasteiger partial charge on any atom is -0.246 e. The first-order valence-corrected chi connectivity index (χ1v) is 6.79. The van der Waals surface area contributed by atoms with E-state index in [1.165, 1.54) is 17.3 Å². The molecule has 3 nitrogen and oxygen atoms in total. The molecule has 0 atom stereocenters. The SMILES string of the molecule is Cc1cc(C)nc(Sc2nnc(Cl)c(C)c2C)c1. The molecule has 2 aromatic heterocycles. The van der Waals surface area contributed by atoms with E-state index < -0.39 is 0 Å². The zero-order valence-corrected chi connectivity index (χ0v) is 12.4. The summed E-state index contributed by atoms with van der Waals surface area (Å²) in [5, 5.41) is 10.3. The quantitative estimate of drug-likeness (QED) is 0.835. The molecule has 2 rings (SSSR count). The van der Waals surface area contributed by atoms with Crippen LogP contribution in [0.5, 0.6) is 0 Å². The van der Waals surface area contributed by atoms with Crippen LogP contribution in [0.15, 0.2) is 22.2 Å². The summed E-state index contributed by atoms with van der Waals surface area (Å²) in [6.07, 6.45) is 0. The molecule has 0 aliphatic rings. The van der Waals surface area contributed by atoms with Crippen LogP contribution in [-0.2, 0) is 0 Å². The molecule has 2 aromatic rings. The highest BCUT2D eigenvalue weighted by Crippen LogP contribution is 2.30. The molecule has 94 valence electrons. The Hall–Kier alpha value is -1.13. The molecule has 0 bridgehead atoms. The molecular weight excluding hydrogens is 266 g/mol. The Morgan fingerprint density at radius 2 is 1.72 bits per heavy atom. The average molecular weight is 280 g/mol. The van der Waals surface area contributed by atoms with Gasteiger partial charge in [-0.25, -0.2) is 4.98 Å². The van der Waals surface area contributed by atoms with E-state index in [9.17, 15) is 0 Å². The Bertz CT molecular complexity index is 579. The summed E-state index contributed by atoms with van der Waals surface area (Å²) in [6, 6.07) is 4.10. The van der Waals surface area contributed by atoms with Gasteiger partial charge in [-0.05, 0) is 68.3 Å². The van der Waals surface area contributed by atoms with E-state index >= 15 is 0 Å². The number of pyridine rings is 1. The van der Waals surface area contributed by atoms with Gasteiger partial charge in [0.25, 0.3) is 0 Å². The number of nitrogens with zero attached hydrogens (tertiary/aromatic N) is 3. The normalized spacial score (nSPS) is 10.7. The van der Waals surface area contributed by atoms with Gasteiger partial charge in [-0.2, -0.15) is 0 Å². The standard InChI is InChI=1S/C13H14ClN3S/c1-7-5-8(2)15-11(6-7)18-13-10(4)9(3)12(14)16-17-13/h5-6H,1-4H3. The van der Waals surface area contributed by atoms with Gasteiger partial charge in [0.15, 0.2) is 5.15 Å². The van der Waals surface area contributed by atoms with E-state index in [1.54, 1.807) is 0 Å². The van der Waals surface area contributed by atoms with Crippen LogP contribution in [0.2, 0.25) is 5.15 Å². The lowest BCUT2D eigenvalue weighted by Crippen LogP contribution is -1.96. The van der Waals surface area contributed by atoms with Crippen LogP contribution in [0.4, 0.5) is 0 Å². The van der Waals surface area contributed by atoms with Crippen molar-refractivity contribution in [2.45, 2.75) is 37.7 Å². The van der Waals surface area contributed by atoms with Crippen molar-refractivity contribution in [3.05, 3.63) is 39.7 Å². The summed E-state index contributed by atoms with van der Waals surface area (Å²) in [7, 11) is 0. The number of rotatable bonds is 2. The fraction of sp³-hybridized carbons (Fsp3) is 0.308. The number of hydrogen-bond donors (Lipinski definition) is 0. The molecule has 0 saturated carbocycles. The number of hydrogen-bond acceptors (Lipinski definition) is 4. The van der Waals surface area contributed by atoms with Gasteiger partial charge in [0, 0.05) is 5.69 Å². The van der Waals surface area contributed by atoms with E-state index in [0.717, 1.165) is 26.9 Å². The van der Waals surface area contributed by atoms with E-state index in [4.69, 9.17) is 11.6 Å². The lowest BCUT2D eigenvalue weighted by Gasteiger charge is -2.08. The summed E-state index contributed by atoms with van der Waals surface area (Å²) < 4.78 is 0. The molecule has 0 N–H and O–H groups in total. The maximum Gasteiger partial charge on any atom is 0.154 e. The fourth-order valence-electron chi connectivity index (χ4n) is 1.61. The second-order valence-corrected chi connectivity index (χ2v) is 5.64. The van der Waals surface area contributed by atoms with Gasteiger partial charge >= 0.3 is 0 Å². The second kappa shape index (κ2) is 5.24. The predicted octanol–water partition coefficient (Wildman–Crippen LogP) is 3.91. The van der Waals surface area contributed by atoms with E-state index in [-0.39, 0.29) is 0 Å². The van der Waals surface area contributed by atoms with Crippen molar-refractivity contribution < 1.29 is 0 Å². The molecular formula is C13H14ClN3S. The van der Waals surface area contributed by atoms with Crippen molar-refractivity contribution >= 4 is 23.4 Å². The Balaban J connectivity index is 2.37. The van der Waals surface area contributed by atoms with Crippen molar-refractivity contribution in [3.8, 4) is 0 Å². The Morgan fingerprint density at radius 3 is 2.39 bits per heavy atom. The maximum atomic E-state index is 5.94. The second-order valence-electron chi connectivity index (χ2n) is 4.27. The largest absolute Gasteiger partial charge is 0.246 e. The Morgan fingerprint density at radius 1 is 1.00 bits per heavy atom. The average Bonchev–Trinajstić information content (AvgIpc) is 2.29. The molecule has 0 saturated heterocycles. The number of halogens is 1. The van der Waals surface area contributed by atoms with Gasteiger partial charge in [0.2, 0.25) is 0 Å². The van der Waals surface area contributed by atoms with Gasteiger partial charge in [-0.1, -0.05) is 11.6 Å². The molecule has 2 heterocycles. The molecule has 0 aliphatic carbocycles. The van der Waals surface area contributed by atoms with Crippen LogP contribution in [-0.4, -0.2) is 15.2 Å². The Kier molecular flexibility index (Phi) is 3.88. The maximum absolute atomic E-state index is 5.94. The van der Waals surface area contributed by atoms with Gasteiger partial charge in [0.1, 0.15) is 10.1 Å². The third kappa shape index (κ3) is 2.82. The summed E-state index contributed by atoms with van der Waals surface area (Å²) in [4.78, 5) is 4.48. The third-order valence-corrected chi connectivity index (χ3v) is 4.06. The molecule has 0 aliphatic heterocycles. The van der Waals surface area contributed by atoms with Crippen LogP contribution in [0.1, 0.15) is 22.4 Å². The van der Waals surface area contributed by atoms with E-state index in [0.29, 0.717) is 5.15 Å². The van der Waals surface area contributed by atoms with Crippen LogP contribution >= 0.6 is 23.4 Å². The van der Waals surface area contributed by atoms with Gasteiger partial charge in [0.05, 0.1) is 0 Å². The summed E-state index contributed by atoms with van der Waals surface area (Å²) >= 11 is 7.46. The minimum absolute atomic E-state index is 0.463. The minimum atomic E-state index is 0.463. The van der Waals surface area contributed by atoms with Crippen molar-refractivity contribution in [3.63, 3.8) is 0 Å². The van der Waals surface area contributed by atoms with Crippen molar-refractivity contribution in [2.75, 3.05) is 0 Å². The fourth-order valence-corrected chi connectivity index (χ4v) is 2.81. The molecule has 0 radical (unpaired) electrons. The van der Waals surface area contributed by atoms with Crippen LogP contribution in [0.3, 0.4) is 0 Å². The molecule has 5 heteroatoms. The third-order valence-electron chi connectivity index (χ3n) is 2.70. The van der Waals surface area contributed by atoms with Crippen LogP contribution < -0.4 is 0 Å². The highest BCUT2D eigenvalue weighted by Gasteiger charge is 2.10. The van der Waals surface area contributed by atoms with Gasteiger partial charge < -0.3 is 0 Å². The van der Waals surface area contributed by atoms with Crippen molar-refractivity contribution in [2.24, 2.45) is 0 Å². The lowest BCUT2D eigenvalue weighted by molar-refractivity contribution is 0.888. The highest BCUT2D eigenvalue weighted by molar-refractivity contribution is 7.99. The molecule has 0 fully saturated rings. The summed E-state index contributed by atoms with van der Waals surface area (Å²) in [6.45, 7) is 8.00. The molecule has 0 spiro atoms. The zero-order chi connectivity index (χ0) is 13.3. The first kappa shape index (κ1) is 13.3. The lowest BCUT2D eigenvalue weighted by atomic mass is 10.2. The Labute approximate surface area is 116 Å². The highest BCUT2D eigenvalue weighted by atomic mass is 35.5. The van der Waals surface area contributed by atoms with Gasteiger partial charge in [-0.15, -0.1) is 10.2 Å². The molecule has 0 aromatic carbocycles. The predicted molar refractivity (Wildman–Crippen MR) is 74.4 cm³/mol. The molecule has 18 heavy (non-hydrogen) atoms. The first-order chi connectivity index (χ1) is 8.47. The first-order valence-electron chi connectivity index (χ1n) is 5.60. The van der Waals surface area contributed by atoms with E-state index in [1.807, 2.05) is 26.8 Å². The number of aromatic nitrogens is 3. The van der Waals surface area contributed by atoms with Crippen LogP contribution in [0, 0.1) is 27.7 Å².